The van der Waals surface area contributed by atoms with E-state index in [1.807, 2.05) is 6.92 Å². The van der Waals surface area contributed by atoms with Crippen molar-refractivity contribution in [1.29, 1.82) is 0 Å². The molecule has 80 valence electrons. The fraction of sp³-hybridized carbons (Fsp3) is 0.800. The van der Waals surface area contributed by atoms with Gasteiger partial charge in [0, 0.05) is 5.16 Å². The average molecular weight is 199 g/mol. The SMILES string of the molecule is CCCCC(CCC)C(=O)ON=C=O. The molecule has 1 atom stereocenters. The normalized spacial score (nSPS) is 11.6. The zero-order valence-electron chi connectivity index (χ0n) is 8.78. The molecule has 0 fully saturated rings. The largest absolute Gasteiger partial charge is 0.339 e. The Morgan fingerprint density at radius 1 is 1.36 bits per heavy atom. The van der Waals surface area contributed by atoms with E-state index in [4.69, 9.17) is 0 Å². The van der Waals surface area contributed by atoms with Crippen LogP contribution in [0, 0.1) is 5.92 Å². The average Bonchev–Trinajstić information content (AvgIpc) is 2.20. The summed E-state index contributed by atoms with van der Waals surface area (Å²) >= 11 is 0. The summed E-state index contributed by atoms with van der Waals surface area (Å²) in [5.74, 6) is -0.541. The first kappa shape index (κ1) is 12.8. The van der Waals surface area contributed by atoms with Crippen molar-refractivity contribution in [3.8, 4) is 0 Å². The molecule has 0 rings (SSSR count). The summed E-state index contributed by atoms with van der Waals surface area (Å²) in [6.45, 7) is 4.08. The molecule has 0 aromatic rings. The number of rotatable bonds is 7. The lowest BCUT2D eigenvalue weighted by Gasteiger charge is -2.10. The fourth-order valence-electron chi connectivity index (χ4n) is 1.32. The Morgan fingerprint density at radius 3 is 2.57 bits per heavy atom. The molecule has 0 bridgehead atoms. The maximum Gasteiger partial charge on any atom is 0.339 e. The van der Waals surface area contributed by atoms with Gasteiger partial charge in [-0.15, -0.1) is 0 Å². The Balaban J connectivity index is 4.02. The molecule has 0 saturated carbocycles. The van der Waals surface area contributed by atoms with Crippen LogP contribution < -0.4 is 0 Å². The third-order valence-electron chi connectivity index (χ3n) is 2.05. The molecule has 0 aliphatic carbocycles. The highest BCUT2D eigenvalue weighted by Gasteiger charge is 2.18. The van der Waals surface area contributed by atoms with Crippen molar-refractivity contribution in [2.24, 2.45) is 11.1 Å². The molecule has 1 unspecified atom stereocenters. The Hall–Kier alpha value is -1.15. The van der Waals surface area contributed by atoms with E-state index in [2.05, 4.69) is 16.9 Å². The summed E-state index contributed by atoms with van der Waals surface area (Å²) in [4.78, 5) is 25.4. The number of isocyanates is 1. The molecule has 0 spiro atoms. The van der Waals surface area contributed by atoms with Crippen molar-refractivity contribution in [3.63, 3.8) is 0 Å². The van der Waals surface area contributed by atoms with E-state index in [9.17, 15) is 9.59 Å². The number of nitrogens with zero attached hydrogens (tertiary/aromatic N) is 1. The van der Waals surface area contributed by atoms with Crippen LogP contribution in [0.25, 0.3) is 0 Å². The molecule has 0 radical (unpaired) electrons. The second-order valence-electron chi connectivity index (χ2n) is 3.22. The van der Waals surface area contributed by atoms with Gasteiger partial charge in [-0.3, -0.25) is 0 Å². The van der Waals surface area contributed by atoms with Crippen molar-refractivity contribution >= 4 is 12.0 Å². The second kappa shape index (κ2) is 8.45. The Kier molecular flexibility index (Phi) is 7.75. The van der Waals surface area contributed by atoms with E-state index in [1.54, 1.807) is 0 Å². The first-order valence-electron chi connectivity index (χ1n) is 5.04. The van der Waals surface area contributed by atoms with Gasteiger partial charge in [-0.1, -0.05) is 33.1 Å². The van der Waals surface area contributed by atoms with Crippen LogP contribution in [-0.2, 0) is 14.4 Å². The third-order valence-corrected chi connectivity index (χ3v) is 2.05. The highest BCUT2D eigenvalue weighted by molar-refractivity contribution is 5.72. The molecule has 0 amide bonds. The van der Waals surface area contributed by atoms with Crippen molar-refractivity contribution in [1.82, 2.24) is 0 Å². The van der Waals surface area contributed by atoms with Gasteiger partial charge in [0.25, 0.3) is 6.08 Å². The lowest BCUT2D eigenvalue weighted by molar-refractivity contribution is -0.149. The lowest BCUT2D eigenvalue weighted by atomic mass is 9.97. The fourth-order valence-corrected chi connectivity index (χ4v) is 1.32. The molecule has 0 aliphatic heterocycles. The summed E-state index contributed by atoms with van der Waals surface area (Å²) in [6.07, 6.45) is 5.73. The molecular weight excluding hydrogens is 182 g/mol. The maximum atomic E-state index is 11.3. The molecule has 0 heterocycles. The number of carbonyl (C=O) groups excluding carboxylic acids is 2. The summed E-state index contributed by atoms with van der Waals surface area (Å²) in [5, 5.41) is 2.83. The standard InChI is InChI=1S/C10H17NO3/c1-3-5-7-9(6-4-2)10(13)14-11-8-12/h9H,3-7H2,1-2H3. The van der Waals surface area contributed by atoms with Gasteiger partial charge >= 0.3 is 5.97 Å². The van der Waals surface area contributed by atoms with Crippen LogP contribution >= 0.6 is 0 Å². The van der Waals surface area contributed by atoms with Crippen molar-refractivity contribution < 1.29 is 14.4 Å². The first-order chi connectivity index (χ1) is 6.76. The Bertz CT molecular complexity index is 209. The number of hydrogen-bond acceptors (Lipinski definition) is 4. The minimum atomic E-state index is -0.413. The molecular formula is C10H17NO3. The minimum Gasteiger partial charge on any atom is -0.306 e. The lowest BCUT2D eigenvalue weighted by Crippen LogP contribution is -2.15. The molecule has 4 nitrogen and oxygen atoms in total. The van der Waals surface area contributed by atoms with Crippen LogP contribution in [-0.4, -0.2) is 12.0 Å². The zero-order chi connectivity index (χ0) is 10.8. The number of unbranched alkanes of at least 4 members (excludes halogenated alkanes) is 1. The van der Waals surface area contributed by atoms with Gasteiger partial charge in [0.15, 0.2) is 0 Å². The summed E-state index contributed by atoms with van der Waals surface area (Å²) in [5.41, 5.74) is 0. The third kappa shape index (κ3) is 5.49. The van der Waals surface area contributed by atoms with Crippen LogP contribution in [0.2, 0.25) is 0 Å². The number of hydrogen-bond donors (Lipinski definition) is 0. The van der Waals surface area contributed by atoms with Gasteiger partial charge in [-0.2, -0.15) is 0 Å². The van der Waals surface area contributed by atoms with E-state index < -0.39 is 5.97 Å². The molecule has 0 N–H and O–H groups in total. The predicted octanol–water partition coefficient (Wildman–Crippen LogP) is 2.39. The van der Waals surface area contributed by atoms with Crippen molar-refractivity contribution in [2.45, 2.75) is 46.0 Å². The topological polar surface area (TPSA) is 55.7 Å². The summed E-state index contributed by atoms with van der Waals surface area (Å²) in [7, 11) is 0. The number of carbonyl (C=O) groups is 1. The molecule has 0 saturated heterocycles. The van der Waals surface area contributed by atoms with Crippen molar-refractivity contribution in [2.75, 3.05) is 0 Å². The second-order valence-corrected chi connectivity index (χ2v) is 3.22. The van der Waals surface area contributed by atoms with E-state index in [1.165, 1.54) is 6.08 Å². The highest BCUT2D eigenvalue weighted by atomic mass is 16.7. The van der Waals surface area contributed by atoms with Crippen LogP contribution in [0.1, 0.15) is 46.0 Å². The van der Waals surface area contributed by atoms with Gasteiger partial charge in [0.05, 0.1) is 5.92 Å². The molecule has 0 aromatic carbocycles. The predicted molar refractivity (Wildman–Crippen MR) is 52.1 cm³/mol. The first-order valence-corrected chi connectivity index (χ1v) is 5.04. The van der Waals surface area contributed by atoms with Gasteiger partial charge in [-0.25, -0.2) is 9.59 Å². The minimum absolute atomic E-state index is 0.128. The van der Waals surface area contributed by atoms with Crippen LogP contribution in [0.5, 0.6) is 0 Å². The van der Waals surface area contributed by atoms with Gasteiger partial charge in [-0.05, 0) is 12.8 Å². The quantitative estimate of drug-likeness (QED) is 0.274. The van der Waals surface area contributed by atoms with Crippen LogP contribution in [0.3, 0.4) is 0 Å². The molecule has 0 aromatic heterocycles. The smallest absolute Gasteiger partial charge is 0.306 e. The summed E-state index contributed by atoms with van der Waals surface area (Å²) in [6, 6.07) is 0. The monoisotopic (exact) mass is 199 g/mol. The summed E-state index contributed by atoms with van der Waals surface area (Å²) < 4.78 is 0. The maximum absolute atomic E-state index is 11.3. The van der Waals surface area contributed by atoms with E-state index in [0.717, 1.165) is 32.1 Å². The zero-order valence-corrected chi connectivity index (χ0v) is 8.78. The van der Waals surface area contributed by atoms with Crippen LogP contribution in [0.4, 0.5) is 0 Å². The van der Waals surface area contributed by atoms with E-state index >= 15 is 0 Å². The van der Waals surface area contributed by atoms with Gasteiger partial charge in [0.1, 0.15) is 0 Å². The van der Waals surface area contributed by atoms with Gasteiger partial charge in [0.2, 0.25) is 0 Å². The van der Waals surface area contributed by atoms with Crippen LogP contribution in [0.15, 0.2) is 5.16 Å². The Morgan fingerprint density at radius 2 is 2.07 bits per heavy atom. The Labute approximate surface area is 84.3 Å². The van der Waals surface area contributed by atoms with E-state index in [-0.39, 0.29) is 5.92 Å². The highest BCUT2D eigenvalue weighted by Crippen LogP contribution is 2.16. The molecule has 14 heavy (non-hydrogen) atoms. The van der Waals surface area contributed by atoms with Gasteiger partial charge < -0.3 is 4.84 Å². The molecule has 4 heteroatoms. The van der Waals surface area contributed by atoms with Crippen molar-refractivity contribution in [3.05, 3.63) is 0 Å². The molecule has 0 aliphatic rings. The van der Waals surface area contributed by atoms with E-state index in [0.29, 0.717) is 0 Å².